The lowest BCUT2D eigenvalue weighted by Crippen LogP contribution is -1.99. The topological polar surface area (TPSA) is 25.2 Å². The predicted molar refractivity (Wildman–Crippen MR) is 72.9 cm³/mol. The standard InChI is InChI=1S/C11H8Br2ClNO/c12-7-1-2-10(9(14)5-7)15-6-11-8(13)3-4-16-11/h1-5,15H,6H2. The van der Waals surface area contributed by atoms with Crippen molar-refractivity contribution in [2.75, 3.05) is 5.32 Å². The molecule has 0 aliphatic rings. The molecule has 0 saturated heterocycles. The van der Waals surface area contributed by atoms with Crippen LogP contribution in [0.2, 0.25) is 5.02 Å². The summed E-state index contributed by atoms with van der Waals surface area (Å²) in [5, 5.41) is 3.88. The molecule has 2 aromatic rings. The number of anilines is 1. The van der Waals surface area contributed by atoms with Gasteiger partial charge in [-0.2, -0.15) is 0 Å². The van der Waals surface area contributed by atoms with Crippen LogP contribution in [0, 0.1) is 0 Å². The Morgan fingerprint density at radius 1 is 1.25 bits per heavy atom. The van der Waals surface area contributed by atoms with Crippen LogP contribution in [-0.4, -0.2) is 0 Å². The van der Waals surface area contributed by atoms with Crippen molar-refractivity contribution in [3.63, 3.8) is 0 Å². The molecule has 2 nitrogen and oxygen atoms in total. The summed E-state index contributed by atoms with van der Waals surface area (Å²) < 4.78 is 7.20. The number of hydrogen-bond donors (Lipinski definition) is 1. The van der Waals surface area contributed by atoms with Gasteiger partial charge in [0.25, 0.3) is 0 Å². The molecule has 0 aliphatic carbocycles. The van der Waals surface area contributed by atoms with E-state index in [2.05, 4.69) is 37.2 Å². The first-order valence-electron chi connectivity index (χ1n) is 4.57. The highest BCUT2D eigenvalue weighted by Crippen LogP contribution is 2.27. The van der Waals surface area contributed by atoms with E-state index in [4.69, 9.17) is 16.0 Å². The Hall–Kier alpha value is -0.450. The average Bonchev–Trinajstić information content (AvgIpc) is 2.63. The van der Waals surface area contributed by atoms with Crippen LogP contribution < -0.4 is 5.32 Å². The van der Waals surface area contributed by atoms with Crippen LogP contribution in [-0.2, 0) is 6.54 Å². The molecule has 2 rings (SSSR count). The van der Waals surface area contributed by atoms with Crippen LogP contribution in [0.3, 0.4) is 0 Å². The van der Waals surface area contributed by atoms with Gasteiger partial charge < -0.3 is 9.73 Å². The Labute approximate surface area is 115 Å². The third-order valence-electron chi connectivity index (χ3n) is 2.06. The first-order chi connectivity index (χ1) is 7.66. The smallest absolute Gasteiger partial charge is 0.136 e. The number of hydrogen-bond acceptors (Lipinski definition) is 2. The lowest BCUT2D eigenvalue weighted by molar-refractivity contribution is 0.516. The van der Waals surface area contributed by atoms with Crippen molar-refractivity contribution in [3.8, 4) is 0 Å². The largest absolute Gasteiger partial charge is 0.466 e. The third kappa shape index (κ3) is 2.81. The fourth-order valence-electron chi connectivity index (χ4n) is 1.26. The molecule has 0 aliphatic heterocycles. The van der Waals surface area contributed by atoms with Gasteiger partial charge in [-0.25, -0.2) is 0 Å². The second-order valence-electron chi connectivity index (χ2n) is 3.17. The summed E-state index contributed by atoms with van der Waals surface area (Å²) in [6, 6.07) is 7.57. The highest BCUT2D eigenvalue weighted by molar-refractivity contribution is 9.10. The molecule has 1 heterocycles. The molecule has 0 radical (unpaired) electrons. The van der Waals surface area contributed by atoms with E-state index >= 15 is 0 Å². The number of furan rings is 1. The molecule has 0 unspecified atom stereocenters. The zero-order valence-corrected chi connectivity index (χ0v) is 12.1. The summed E-state index contributed by atoms with van der Waals surface area (Å²) >= 11 is 12.8. The summed E-state index contributed by atoms with van der Waals surface area (Å²) in [5.74, 6) is 0.846. The molecule has 0 amide bonds. The minimum Gasteiger partial charge on any atom is -0.466 e. The fourth-order valence-corrected chi connectivity index (χ4v) is 2.34. The second kappa shape index (κ2) is 5.25. The van der Waals surface area contributed by atoms with Gasteiger partial charge in [-0.05, 0) is 40.2 Å². The molecule has 0 spiro atoms. The summed E-state index contributed by atoms with van der Waals surface area (Å²) in [4.78, 5) is 0. The number of halogens is 3. The van der Waals surface area contributed by atoms with Crippen molar-refractivity contribution in [2.24, 2.45) is 0 Å². The molecule has 84 valence electrons. The molecule has 0 saturated carbocycles. The van der Waals surface area contributed by atoms with Crippen molar-refractivity contribution < 1.29 is 4.42 Å². The highest BCUT2D eigenvalue weighted by atomic mass is 79.9. The Balaban J connectivity index is 2.08. The van der Waals surface area contributed by atoms with E-state index in [1.807, 2.05) is 24.3 Å². The molecular formula is C11H8Br2ClNO. The van der Waals surface area contributed by atoms with E-state index in [9.17, 15) is 0 Å². The molecule has 5 heteroatoms. The van der Waals surface area contributed by atoms with Crippen molar-refractivity contribution in [1.29, 1.82) is 0 Å². The van der Waals surface area contributed by atoms with E-state index in [0.29, 0.717) is 11.6 Å². The summed E-state index contributed by atoms with van der Waals surface area (Å²) in [5.41, 5.74) is 0.883. The molecule has 0 fully saturated rings. The summed E-state index contributed by atoms with van der Waals surface area (Å²) in [6.45, 7) is 0.592. The van der Waals surface area contributed by atoms with Crippen LogP contribution in [0.4, 0.5) is 5.69 Å². The minimum atomic E-state index is 0.592. The number of rotatable bonds is 3. The fraction of sp³-hybridized carbons (Fsp3) is 0.0909. The predicted octanol–water partition coefficient (Wildman–Crippen LogP) is 5.07. The van der Waals surface area contributed by atoms with Crippen LogP contribution in [0.5, 0.6) is 0 Å². The van der Waals surface area contributed by atoms with Crippen molar-refractivity contribution in [3.05, 3.63) is 50.3 Å². The van der Waals surface area contributed by atoms with Crippen LogP contribution in [0.15, 0.2) is 43.9 Å². The molecular weight excluding hydrogens is 357 g/mol. The zero-order chi connectivity index (χ0) is 11.5. The number of nitrogens with one attached hydrogen (secondary N) is 1. The maximum atomic E-state index is 6.07. The Bertz CT molecular complexity index is 498. The van der Waals surface area contributed by atoms with E-state index in [1.165, 1.54) is 0 Å². The molecule has 1 N–H and O–H groups in total. The van der Waals surface area contributed by atoms with Crippen molar-refractivity contribution in [2.45, 2.75) is 6.54 Å². The first-order valence-corrected chi connectivity index (χ1v) is 6.54. The van der Waals surface area contributed by atoms with Gasteiger partial charge >= 0.3 is 0 Å². The van der Waals surface area contributed by atoms with Gasteiger partial charge in [0, 0.05) is 4.47 Å². The molecule has 16 heavy (non-hydrogen) atoms. The molecule has 0 bridgehead atoms. The molecule has 1 aromatic heterocycles. The monoisotopic (exact) mass is 363 g/mol. The minimum absolute atomic E-state index is 0.592. The Morgan fingerprint density at radius 2 is 2.06 bits per heavy atom. The van der Waals surface area contributed by atoms with E-state index in [0.717, 1.165) is 20.4 Å². The highest BCUT2D eigenvalue weighted by Gasteiger charge is 2.05. The van der Waals surface area contributed by atoms with Gasteiger partial charge in [0.1, 0.15) is 5.76 Å². The lowest BCUT2D eigenvalue weighted by Gasteiger charge is -2.07. The third-order valence-corrected chi connectivity index (χ3v) is 3.57. The van der Waals surface area contributed by atoms with E-state index < -0.39 is 0 Å². The Kier molecular flexibility index (Phi) is 3.95. The molecule has 1 aromatic carbocycles. The SMILES string of the molecule is Clc1cc(Br)ccc1NCc1occc1Br. The van der Waals surface area contributed by atoms with Crippen molar-refractivity contribution >= 4 is 49.1 Å². The first kappa shape index (κ1) is 12.0. The van der Waals surface area contributed by atoms with Crippen LogP contribution in [0.25, 0.3) is 0 Å². The van der Waals surface area contributed by atoms with Gasteiger partial charge in [0.15, 0.2) is 0 Å². The van der Waals surface area contributed by atoms with E-state index in [1.54, 1.807) is 6.26 Å². The number of benzene rings is 1. The van der Waals surface area contributed by atoms with Gasteiger partial charge in [-0.15, -0.1) is 0 Å². The van der Waals surface area contributed by atoms with E-state index in [-0.39, 0.29) is 0 Å². The van der Waals surface area contributed by atoms with Crippen LogP contribution in [0.1, 0.15) is 5.76 Å². The van der Waals surface area contributed by atoms with Crippen LogP contribution >= 0.6 is 43.5 Å². The summed E-state index contributed by atoms with van der Waals surface area (Å²) in [6.07, 6.45) is 1.64. The maximum absolute atomic E-state index is 6.07. The normalized spacial score (nSPS) is 10.4. The Morgan fingerprint density at radius 3 is 2.69 bits per heavy atom. The molecule has 0 atom stereocenters. The quantitative estimate of drug-likeness (QED) is 0.821. The van der Waals surface area contributed by atoms with Crippen molar-refractivity contribution in [1.82, 2.24) is 0 Å². The average molecular weight is 365 g/mol. The van der Waals surface area contributed by atoms with Gasteiger partial charge in [-0.1, -0.05) is 27.5 Å². The summed E-state index contributed by atoms with van der Waals surface area (Å²) in [7, 11) is 0. The zero-order valence-electron chi connectivity index (χ0n) is 8.14. The lowest BCUT2D eigenvalue weighted by atomic mass is 10.3. The second-order valence-corrected chi connectivity index (χ2v) is 5.35. The van der Waals surface area contributed by atoms with Gasteiger partial charge in [0.05, 0.1) is 28.0 Å². The van der Waals surface area contributed by atoms with Gasteiger partial charge in [-0.3, -0.25) is 0 Å². The maximum Gasteiger partial charge on any atom is 0.136 e. The van der Waals surface area contributed by atoms with Gasteiger partial charge in [0.2, 0.25) is 0 Å².